The van der Waals surface area contributed by atoms with E-state index in [2.05, 4.69) is 10.3 Å². The highest BCUT2D eigenvalue weighted by Gasteiger charge is 2.41. The molecule has 9 heteroatoms. The molecule has 1 saturated heterocycles. The Bertz CT molecular complexity index is 922. The maximum absolute atomic E-state index is 12.9. The molecular formula is C22H29N3O5S. The van der Waals surface area contributed by atoms with Gasteiger partial charge in [-0.3, -0.25) is 9.69 Å². The number of β-amino-alcohol motifs (C(OH)–C–C–N with tert-alkyl or cyclic N) is 1. The number of benzene rings is 1. The van der Waals surface area contributed by atoms with Gasteiger partial charge in [-0.15, -0.1) is 11.3 Å². The Morgan fingerprint density at radius 2 is 2.00 bits per heavy atom. The number of aromatic nitrogens is 1. The van der Waals surface area contributed by atoms with Crippen LogP contribution in [0.3, 0.4) is 0 Å². The van der Waals surface area contributed by atoms with Crippen LogP contribution < -0.4 is 5.32 Å². The van der Waals surface area contributed by atoms with Gasteiger partial charge in [0.1, 0.15) is 11.6 Å². The second-order valence-corrected chi connectivity index (χ2v) is 9.53. The van der Waals surface area contributed by atoms with Crippen LogP contribution in [-0.4, -0.2) is 56.4 Å². The van der Waals surface area contributed by atoms with Crippen LogP contribution in [0.5, 0.6) is 0 Å². The number of aliphatic hydroxyl groups is 2. The van der Waals surface area contributed by atoms with Crippen LogP contribution in [0.1, 0.15) is 51.4 Å². The molecule has 1 fully saturated rings. The van der Waals surface area contributed by atoms with Gasteiger partial charge in [0.05, 0.1) is 41.4 Å². The predicted octanol–water partition coefficient (Wildman–Crippen LogP) is 2.85. The van der Waals surface area contributed by atoms with Gasteiger partial charge in [0.2, 0.25) is 5.91 Å². The fraction of sp³-hybridized carbons (Fsp3) is 0.500. The number of carbonyl (C=O) groups excluding carboxylic acids is 2. The number of likely N-dealkylation sites (tertiary alicyclic amines) is 1. The molecule has 0 unspecified atom stereocenters. The van der Waals surface area contributed by atoms with E-state index in [1.54, 1.807) is 26.3 Å². The molecule has 0 bridgehead atoms. The smallest absolute Gasteiger partial charge is 0.411 e. The van der Waals surface area contributed by atoms with Gasteiger partial charge in [0.25, 0.3) is 0 Å². The van der Waals surface area contributed by atoms with Gasteiger partial charge in [0.15, 0.2) is 0 Å². The Balaban J connectivity index is 1.67. The minimum atomic E-state index is -0.782. The molecule has 8 nitrogen and oxygen atoms in total. The molecule has 1 aromatic carbocycles. The van der Waals surface area contributed by atoms with Crippen molar-refractivity contribution >= 4 is 23.3 Å². The Hall–Kier alpha value is -2.49. The summed E-state index contributed by atoms with van der Waals surface area (Å²) in [5, 5.41) is 22.4. The van der Waals surface area contributed by atoms with Crippen molar-refractivity contribution in [1.82, 2.24) is 15.2 Å². The molecule has 3 atom stereocenters. The van der Waals surface area contributed by atoms with Crippen LogP contribution in [0.25, 0.3) is 10.4 Å². The van der Waals surface area contributed by atoms with Crippen molar-refractivity contribution in [1.29, 1.82) is 0 Å². The van der Waals surface area contributed by atoms with Crippen molar-refractivity contribution in [2.24, 2.45) is 0 Å². The molecule has 1 aliphatic heterocycles. The molecule has 3 rings (SSSR count). The van der Waals surface area contributed by atoms with Gasteiger partial charge in [-0.1, -0.05) is 24.3 Å². The molecule has 1 aliphatic rings. The third-order valence-corrected chi connectivity index (χ3v) is 5.95. The number of ether oxygens (including phenoxy) is 1. The first-order valence-corrected chi connectivity index (χ1v) is 11.1. The molecule has 0 saturated carbocycles. The van der Waals surface area contributed by atoms with Gasteiger partial charge >= 0.3 is 6.09 Å². The van der Waals surface area contributed by atoms with E-state index in [0.717, 1.165) is 16.0 Å². The number of nitrogens with one attached hydrogen (secondary N) is 1. The molecule has 1 aromatic heterocycles. The third-order valence-electron chi connectivity index (χ3n) is 5.03. The van der Waals surface area contributed by atoms with E-state index in [-0.39, 0.29) is 31.5 Å². The molecule has 0 spiro atoms. The van der Waals surface area contributed by atoms with Crippen molar-refractivity contribution in [3.05, 3.63) is 41.0 Å². The lowest BCUT2D eigenvalue weighted by molar-refractivity contribution is -0.126. The summed E-state index contributed by atoms with van der Waals surface area (Å²) in [7, 11) is 0. The number of carbonyl (C=O) groups is 2. The zero-order valence-electron chi connectivity index (χ0n) is 18.2. The van der Waals surface area contributed by atoms with Gasteiger partial charge in [0, 0.05) is 6.42 Å². The zero-order chi connectivity index (χ0) is 22.8. The maximum Gasteiger partial charge on any atom is 0.411 e. The van der Waals surface area contributed by atoms with Gasteiger partial charge in [-0.05, 0) is 38.8 Å². The van der Waals surface area contributed by atoms with E-state index in [1.165, 1.54) is 16.2 Å². The number of aliphatic hydroxyl groups excluding tert-OH is 2. The summed E-state index contributed by atoms with van der Waals surface area (Å²) in [6, 6.07) is 6.61. The van der Waals surface area contributed by atoms with Gasteiger partial charge < -0.3 is 20.3 Å². The molecule has 3 N–H and O–H groups in total. The summed E-state index contributed by atoms with van der Waals surface area (Å²) in [4.78, 5) is 31.7. The minimum Gasteiger partial charge on any atom is -0.444 e. The van der Waals surface area contributed by atoms with E-state index >= 15 is 0 Å². The number of thiazole rings is 1. The van der Waals surface area contributed by atoms with E-state index in [4.69, 9.17) is 4.74 Å². The molecule has 168 valence electrons. The Labute approximate surface area is 185 Å². The lowest BCUT2D eigenvalue weighted by Crippen LogP contribution is -2.48. The average Bonchev–Trinajstić information content (AvgIpc) is 3.33. The number of hydrogen-bond acceptors (Lipinski definition) is 7. The highest BCUT2D eigenvalue weighted by atomic mass is 32.1. The van der Waals surface area contributed by atoms with Gasteiger partial charge in [-0.2, -0.15) is 0 Å². The normalized spacial score (nSPS) is 19.9. The van der Waals surface area contributed by atoms with Crippen molar-refractivity contribution in [3.63, 3.8) is 0 Å². The molecular weight excluding hydrogens is 418 g/mol. The second-order valence-electron chi connectivity index (χ2n) is 8.68. The van der Waals surface area contributed by atoms with Crippen LogP contribution in [0, 0.1) is 0 Å². The standard InChI is InChI=1S/C22H29N3O5S/c1-13(14-5-7-15(8-6-14)19-17(11-26)23-12-31-19)24-20(28)18-9-16(27)10-25(18)21(29)30-22(2,3)4/h5-8,12-13,16,18,26-27H,9-11H2,1-4H3,(H,24,28)/t13-,16+,18-/m0/s1. The van der Waals surface area contributed by atoms with E-state index in [0.29, 0.717) is 5.69 Å². The molecule has 2 amide bonds. The fourth-order valence-electron chi connectivity index (χ4n) is 3.52. The monoisotopic (exact) mass is 447 g/mol. The summed E-state index contributed by atoms with van der Waals surface area (Å²) in [6.07, 6.45) is -1.20. The van der Waals surface area contributed by atoms with Gasteiger partial charge in [-0.25, -0.2) is 9.78 Å². The first-order chi connectivity index (χ1) is 14.6. The average molecular weight is 448 g/mol. The minimum absolute atomic E-state index is 0.0676. The Kier molecular flexibility index (Phi) is 6.98. The number of rotatable bonds is 5. The number of amides is 2. The first kappa shape index (κ1) is 23.2. The predicted molar refractivity (Wildman–Crippen MR) is 117 cm³/mol. The zero-order valence-corrected chi connectivity index (χ0v) is 19.0. The largest absolute Gasteiger partial charge is 0.444 e. The Morgan fingerprint density at radius 3 is 2.61 bits per heavy atom. The molecule has 0 radical (unpaired) electrons. The van der Waals surface area contributed by atoms with E-state index < -0.39 is 23.8 Å². The van der Waals surface area contributed by atoms with Crippen LogP contribution in [0.2, 0.25) is 0 Å². The lowest BCUT2D eigenvalue weighted by Gasteiger charge is -2.28. The second kappa shape index (κ2) is 9.33. The third kappa shape index (κ3) is 5.61. The summed E-state index contributed by atoms with van der Waals surface area (Å²) < 4.78 is 5.38. The maximum atomic E-state index is 12.9. The lowest BCUT2D eigenvalue weighted by atomic mass is 10.0. The van der Waals surface area contributed by atoms with Crippen molar-refractivity contribution in [2.45, 2.75) is 64.5 Å². The summed E-state index contributed by atoms with van der Waals surface area (Å²) >= 11 is 1.46. The van der Waals surface area contributed by atoms with Crippen LogP contribution in [0.4, 0.5) is 4.79 Å². The van der Waals surface area contributed by atoms with E-state index in [1.807, 2.05) is 31.2 Å². The Morgan fingerprint density at radius 1 is 1.32 bits per heavy atom. The van der Waals surface area contributed by atoms with Crippen molar-refractivity contribution in [3.8, 4) is 10.4 Å². The molecule has 2 aromatic rings. The quantitative estimate of drug-likeness (QED) is 0.650. The summed E-state index contributed by atoms with van der Waals surface area (Å²) in [6.45, 7) is 7.09. The fourth-order valence-corrected chi connectivity index (χ4v) is 4.33. The number of hydrogen-bond donors (Lipinski definition) is 3. The van der Waals surface area contributed by atoms with E-state index in [9.17, 15) is 19.8 Å². The SMILES string of the molecule is C[C@H](NC(=O)[C@@H]1C[C@@H](O)CN1C(=O)OC(C)(C)C)c1ccc(-c2scnc2CO)cc1. The van der Waals surface area contributed by atoms with Crippen molar-refractivity contribution in [2.75, 3.05) is 6.54 Å². The highest BCUT2D eigenvalue weighted by molar-refractivity contribution is 7.13. The summed E-state index contributed by atoms with van der Waals surface area (Å²) in [5.41, 5.74) is 3.50. The molecule has 0 aliphatic carbocycles. The topological polar surface area (TPSA) is 112 Å². The first-order valence-electron chi connectivity index (χ1n) is 10.2. The molecule has 2 heterocycles. The number of nitrogens with zero attached hydrogens (tertiary/aromatic N) is 2. The summed E-state index contributed by atoms with van der Waals surface area (Å²) in [5.74, 6) is -0.330. The van der Waals surface area contributed by atoms with Crippen molar-refractivity contribution < 1.29 is 24.5 Å². The van der Waals surface area contributed by atoms with Crippen LogP contribution in [-0.2, 0) is 16.1 Å². The highest BCUT2D eigenvalue weighted by Crippen LogP contribution is 2.29. The van der Waals surface area contributed by atoms with Crippen LogP contribution in [0.15, 0.2) is 29.8 Å². The van der Waals surface area contributed by atoms with Crippen LogP contribution >= 0.6 is 11.3 Å². The molecule has 31 heavy (non-hydrogen) atoms.